The first-order valence-electron chi connectivity index (χ1n) is 9.19. The highest BCUT2D eigenvalue weighted by molar-refractivity contribution is 5.69. The highest BCUT2D eigenvalue weighted by atomic mass is 16.5. The van der Waals surface area contributed by atoms with Crippen LogP contribution in [0.3, 0.4) is 0 Å². The molecule has 28 heavy (non-hydrogen) atoms. The summed E-state index contributed by atoms with van der Waals surface area (Å²) in [6.07, 6.45) is 0. The molecular weight excluding hydrogens is 356 g/mol. The van der Waals surface area contributed by atoms with E-state index in [9.17, 15) is 4.79 Å². The number of nitrogens with two attached hydrogens (primary N) is 1. The zero-order valence-corrected chi connectivity index (χ0v) is 15.8. The van der Waals surface area contributed by atoms with E-state index < -0.39 is 0 Å². The van der Waals surface area contributed by atoms with Crippen molar-refractivity contribution in [1.29, 1.82) is 0 Å². The fourth-order valence-electron chi connectivity index (χ4n) is 2.95. The first kappa shape index (κ1) is 19.7. The number of hydrogen-bond donors (Lipinski definition) is 2. The molecule has 1 heterocycles. The summed E-state index contributed by atoms with van der Waals surface area (Å²) < 4.78 is 6.49. The van der Waals surface area contributed by atoms with Gasteiger partial charge in [-0.1, -0.05) is 54.6 Å². The zero-order valence-electron chi connectivity index (χ0n) is 15.8. The van der Waals surface area contributed by atoms with Gasteiger partial charge in [-0.2, -0.15) is 0 Å². The Morgan fingerprint density at radius 2 is 1.96 bits per heavy atom. The van der Waals surface area contributed by atoms with Gasteiger partial charge in [0.15, 0.2) is 5.82 Å². The van der Waals surface area contributed by atoms with Gasteiger partial charge >= 0.3 is 5.97 Å². The van der Waals surface area contributed by atoms with E-state index >= 15 is 0 Å². The maximum absolute atomic E-state index is 11.9. The van der Waals surface area contributed by atoms with Crippen molar-refractivity contribution in [2.45, 2.75) is 32.6 Å². The molecule has 0 aliphatic heterocycles. The molecule has 146 valence electrons. The summed E-state index contributed by atoms with van der Waals surface area (Å²) in [5, 5.41) is 15.4. The molecule has 0 aliphatic carbocycles. The Labute approximate surface area is 163 Å². The van der Waals surface area contributed by atoms with E-state index in [2.05, 4.69) is 26.9 Å². The molecule has 0 spiro atoms. The second-order valence-electron chi connectivity index (χ2n) is 6.25. The van der Waals surface area contributed by atoms with Crippen molar-refractivity contribution in [2.75, 3.05) is 6.61 Å². The largest absolute Gasteiger partial charge is 0.465 e. The van der Waals surface area contributed by atoms with E-state index in [4.69, 9.17) is 10.5 Å². The lowest BCUT2D eigenvalue weighted by Crippen LogP contribution is -2.27. The predicted molar refractivity (Wildman–Crippen MR) is 104 cm³/mol. The van der Waals surface area contributed by atoms with Gasteiger partial charge in [0.1, 0.15) is 6.54 Å². The predicted octanol–water partition coefficient (Wildman–Crippen LogP) is 1.57. The molecule has 8 heteroatoms. The molecule has 1 aromatic heterocycles. The van der Waals surface area contributed by atoms with Gasteiger partial charge in [0, 0.05) is 13.1 Å². The summed E-state index contributed by atoms with van der Waals surface area (Å²) in [6, 6.07) is 17.7. The van der Waals surface area contributed by atoms with E-state index in [1.807, 2.05) is 48.5 Å². The zero-order chi connectivity index (χ0) is 19.8. The van der Waals surface area contributed by atoms with Gasteiger partial charge in [-0.15, -0.1) is 5.10 Å². The van der Waals surface area contributed by atoms with Crippen LogP contribution in [-0.4, -0.2) is 32.8 Å². The Bertz CT molecular complexity index is 896. The third kappa shape index (κ3) is 4.99. The second kappa shape index (κ2) is 9.72. The van der Waals surface area contributed by atoms with Crippen LogP contribution in [0.25, 0.3) is 0 Å². The van der Waals surface area contributed by atoms with Crippen molar-refractivity contribution in [3.63, 3.8) is 0 Å². The standard InChI is InChI=1S/C20H24N6O2/c1-2-28-18(27)14-26-20(23-24-25-26)19(17-9-4-3-5-10-17)22-13-16-8-6-7-15(11-16)12-21/h3-11,19,22H,2,12-14,21H2,1H3. The molecule has 0 bridgehead atoms. The normalized spacial score (nSPS) is 11.9. The summed E-state index contributed by atoms with van der Waals surface area (Å²) in [7, 11) is 0. The van der Waals surface area contributed by atoms with Crippen molar-refractivity contribution in [2.24, 2.45) is 5.73 Å². The quantitative estimate of drug-likeness (QED) is 0.543. The lowest BCUT2D eigenvalue weighted by molar-refractivity contribution is -0.144. The number of ether oxygens (including phenoxy) is 1. The summed E-state index contributed by atoms with van der Waals surface area (Å²) in [5.41, 5.74) is 8.91. The smallest absolute Gasteiger partial charge is 0.327 e. The Balaban J connectivity index is 1.84. The number of carbonyl (C=O) groups is 1. The minimum absolute atomic E-state index is 0.0379. The van der Waals surface area contributed by atoms with Crippen LogP contribution in [0.5, 0.6) is 0 Å². The van der Waals surface area contributed by atoms with Crippen molar-refractivity contribution in [3.8, 4) is 0 Å². The number of benzene rings is 2. The van der Waals surface area contributed by atoms with Crippen LogP contribution in [-0.2, 0) is 29.2 Å². The molecule has 0 saturated heterocycles. The van der Waals surface area contributed by atoms with Crippen molar-refractivity contribution < 1.29 is 9.53 Å². The second-order valence-corrected chi connectivity index (χ2v) is 6.25. The van der Waals surface area contributed by atoms with Crippen LogP contribution in [0.1, 0.15) is 35.5 Å². The minimum Gasteiger partial charge on any atom is -0.465 e. The summed E-state index contributed by atoms with van der Waals surface area (Å²) >= 11 is 0. The Hall–Kier alpha value is -3.10. The first-order valence-corrected chi connectivity index (χ1v) is 9.19. The highest BCUT2D eigenvalue weighted by Gasteiger charge is 2.22. The Kier molecular flexibility index (Phi) is 6.83. The maximum Gasteiger partial charge on any atom is 0.327 e. The number of esters is 1. The third-order valence-corrected chi connectivity index (χ3v) is 4.27. The van der Waals surface area contributed by atoms with Crippen LogP contribution in [0.15, 0.2) is 54.6 Å². The Morgan fingerprint density at radius 3 is 2.71 bits per heavy atom. The maximum atomic E-state index is 11.9. The molecular formula is C20H24N6O2. The van der Waals surface area contributed by atoms with E-state index in [0.29, 0.717) is 25.5 Å². The van der Waals surface area contributed by atoms with E-state index in [0.717, 1.165) is 16.7 Å². The van der Waals surface area contributed by atoms with Gasteiger partial charge in [-0.25, -0.2) is 4.68 Å². The molecule has 3 aromatic rings. The molecule has 1 unspecified atom stereocenters. The fourth-order valence-corrected chi connectivity index (χ4v) is 2.95. The van der Waals surface area contributed by atoms with Crippen LogP contribution in [0.2, 0.25) is 0 Å². The SMILES string of the molecule is CCOC(=O)Cn1nnnc1C(NCc1cccc(CN)c1)c1ccccc1. The minimum atomic E-state index is -0.376. The summed E-state index contributed by atoms with van der Waals surface area (Å²) in [4.78, 5) is 11.9. The van der Waals surface area contributed by atoms with Crippen molar-refractivity contribution in [3.05, 3.63) is 77.1 Å². The molecule has 0 saturated carbocycles. The first-order chi connectivity index (χ1) is 13.7. The van der Waals surface area contributed by atoms with Gasteiger partial charge in [0.05, 0.1) is 12.6 Å². The van der Waals surface area contributed by atoms with Gasteiger partial charge in [0.2, 0.25) is 0 Å². The summed E-state index contributed by atoms with van der Waals surface area (Å²) in [5.74, 6) is 0.174. The molecule has 0 fully saturated rings. The topological polar surface area (TPSA) is 108 Å². The molecule has 3 N–H and O–H groups in total. The van der Waals surface area contributed by atoms with Crippen molar-refractivity contribution in [1.82, 2.24) is 25.5 Å². The number of nitrogens with one attached hydrogen (secondary N) is 1. The highest BCUT2D eigenvalue weighted by Crippen LogP contribution is 2.20. The molecule has 1 atom stereocenters. The van der Waals surface area contributed by atoms with E-state index in [1.165, 1.54) is 4.68 Å². The number of carbonyl (C=O) groups excluding carboxylic acids is 1. The van der Waals surface area contributed by atoms with Gasteiger partial charge in [-0.3, -0.25) is 10.1 Å². The Morgan fingerprint density at radius 1 is 1.18 bits per heavy atom. The fraction of sp³-hybridized carbons (Fsp3) is 0.300. The number of tetrazole rings is 1. The van der Waals surface area contributed by atoms with Crippen LogP contribution < -0.4 is 11.1 Å². The molecule has 8 nitrogen and oxygen atoms in total. The molecule has 2 aromatic carbocycles. The molecule has 0 aliphatic rings. The van der Waals surface area contributed by atoms with Crippen LogP contribution in [0, 0.1) is 0 Å². The number of hydrogen-bond acceptors (Lipinski definition) is 7. The molecule has 0 amide bonds. The molecule has 3 rings (SSSR count). The van der Waals surface area contributed by atoms with E-state index in [1.54, 1.807) is 6.92 Å². The van der Waals surface area contributed by atoms with Crippen molar-refractivity contribution >= 4 is 5.97 Å². The van der Waals surface area contributed by atoms with Gasteiger partial charge in [-0.05, 0) is 34.0 Å². The molecule has 0 radical (unpaired) electrons. The van der Waals surface area contributed by atoms with Crippen LogP contribution >= 0.6 is 0 Å². The lowest BCUT2D eigenvalue weighted by Gasteiger charge is -2.19. The summed E-state index contributed by atoms with van der Waals surface area (Å²) in [6.45, 7) is 3.13. The average Bonchev–Trinajstić information content (AvgIpc) is 3.17. The van der Waals surface area contributed by atoms with Crippen LogP contribution in [0.4, 0.5) is 0 Å². The van der Waals surface area contributed by atoms with Gasteiger partial charge < -0.3 is 10.5 Å². The lowest BCUT2D eigenvalue weighted by atomic mass is 10.1. The van der Waals surface area contributed by atoms with Gasteiger partial charge in [0.25, 0.3) is 0 Å². The number of aromatic nitrogens is 4. The number of rotatable bonds is 9. The monoisotopic (exact) mass is 380 g/mol. The van der Waals surface area contributed by atoms with E-state index in [-0.39, 0.29) is 18.6 Å². The average molecular weight is 380 g/mol. The third-order valence-electron chi connectivity index (χ3n) is 4.27. The number of nitrogens with zero attached hydrogens (tertiary/aromatic N) is 4.